The Hall–Kier alpha value is -4.68. The van der Waals surface area contributed by atoms with Crippen LogP contribution in [0.15, 0.2) is 53.5 Å². The number of alkyl carbamates (subject to hydrolysis) is 1. The van der Waals surface area contributed by atoms with Crippen LogP contribution >= 0.6 is 0 Å². The van der Waals surface area contributed by atoms with Crippen LogP contribution in [0.3, 0.4) is 0 Å². The SMILES string of the molecule is CCOC(=O)Cn1nc2ccc(C(=O)NCC(NC(=O)OCc3ccccc3)C(=O)O)cn2c1=O. The molecule has 0 saturated heterocycles. The van der Waals surface area contributed by atoms with Gasteiger partial charge in [0.15, 0.2) is 5.65 Å². The topological polar surface area (TPSA) is 170 Å². The molecule has 13 nitrogen and oxygen atoms in total. The second-order valence-electron chi connectivity index (χ2n) is 7.20. The minimum Gasteiger partial charge on any atom is -0.480 e. The summed E-state index contributed by atoms with van der Waals surface area (Å²) >= 11 is 0. The van der Waals surface area contributed by atoms with Gasteiger partial charge in [-0.1, -0.05) is 30.3 Å². The van der Waals surface area contributed by atoms with Gasteiger partial charge in [0.25, 0.3) is 5.91 Å². The predicted octanol–water partition coefficient (Wildman–Crippen LogP) is 0.169. The second-order valence-corrected chi connectivity index (χ2v) is 7.20. The number of carboxylic acids is 1. The van der Waals surface area contributed by atoms with Crippen LogP contribution in [0.1, 0.15) is 22.8 Å². The van der Waals surface area contributed by atoms with Crippen LogP contribution in [0.5, 0.6) is 0 Å². The first kappa shape index (κ1) is 25.0. The van der Waals surface area contributed by atoms with E-state index in [0.29, 0.717) is 0 Å². The van der Waals surface area contributed by atoms with Gasteiger partial charge in [0.1, 0.15) is 19.2 Å². The highest BCUT2D eigenvalue weighted by Gasteiger charge is 2.22. The third-order valence-corrected chi connectivity index (χ3v) is 4.69. The third-order valence-electron chi connectivity index (χ3n) is 4.69. The summed E-state index contributed by atoms with van der Waals surface area (Å²) in [6.45, 7) is 0.908. The van der Waals surface area contributed by atoms with Gasteiger partial charge in [0.05, 0.1) is 12.2 Å². The van der Waals surface area contributed by atoms with Crippen molar-refractivity contribution in [2.75, 3.05) is 13.2 Å². The van der Waals surface area contributed by atoms with Gasteiger partial charge < -0.3 is 25.2 Å². The summed E-state index contributed by atoms with van der Waals surface area (Å²) in [5.74, 6) is -2.71. The lowest BCUT2D eigenvalue weighted by Crippen LogP contribution is -2.48. The maximum absolute atomic E-state index is 12.5. The molecule has 13 heteroatoms. The van der Waals surface area contributed by atoms with Gasteiger partial charge >= 0.3 is 23.7 Å². The Kier molecular flexibility index (Phi) is 8.16. The maximum Gasteiger partial charge on any atom is 0.408 e. The van der Waals surface area contributed by atoms with Gasteiger partial charge in [-0.25, -0.2) is 23.5 Å². The lowest BCUT2D eigenvalue weighted by molar-refractivity contribution is -0.144. The first-order chi connectivity index (χ1) is 16.8. The molecule has 1 atom stereocenters. The number of carboxylic acid groups (broad SMARTS) is 1. The highest BCUT2D eigenvalue weighted by Crippen LogP contribution is 2.04. The molecular formula is C22H23N5O8. The lowest BCUT2D eigenvalue weighted by Gasteiger charge is -2.15. The van der Waals surface area contributed by atoms with Crippen LogP contribution in [0.2, 0.25) is 0 Å². The van der Waals surface area contributed by atoms with Crippen LogP contribution in [-0.2, 0) is 32.2 Å². The minimum atomic E-state index is -1.46. The number of rotatable bonds is 10. The van der Waals surface area contributed by atoms with Gasteiger partial charge in [-0.2, -0.15) is 0 Å². The summed E-state index contributed by atoms with van der Waals surface area (Å²) in [5.41, 5.74) is 0.293. The van der Waals surface area contributed by atoms with E-state index in [1.807, 2.05) is 0 Å². The van der Waals surface area contributed by atoms with E-state index >= 15 is 0 Å². The number of hydrogen-bond donors (Lipinski definition) is 3. The molecule has 3 aromatic rings. The number of nitrogens with zero attached hydrogens (tertiary/aromatic N) is 3. The molecule has 3 rings (SSSR count). The van der Waals surface area contributed by atoms with E-state index in [4.69, 9.17) is 9.47 Å². The van der Waals surface area contributed by atoms with Crippen molar-refractivity contribution in [2.24, 2.45) is 0 Å². The standard InChI is InChI=1S/C22H23N5O8/c1-2-34-18(28)12-27-22(33)26-11-15(8-9-17(26)25-27)19(29)23-10-16(20(30)31)24-21(32)35-13-14-6-4-3-5-7-14/h3-9,11,16H,2,10,12-13H2,1H3,(H,23,29)(H,24,32)(H,30,31). The van der Waals surface area contributed by atoms with E-state index in [2.05, 4.69) is 15.7 Å². The zero-order chi connectivity index (χ0) is 25.4. The number of esters is 1. The maximum atomic E-state index is 12.5. The number of pyridine rings is 1. The fourth-order valence-corrected chi connectivity index (χ4v) is 2.99. The largest absolute Gasteiger partial charge is 0.480 e. The summed E-state index contributed by atoms with van der Waals surface area (Å²) in [6, 6.07) is 10.1. The molecule has 0 bridgehead atoms. The number of carbonyl (C=O) groups excluding carboxylic acids is 3. The molecule has 35 heavy (non-hydrogen) atoms. The van der Waals surface area contributed by atoms with Crippen molar-refractivity contribution in [3.05, 3.63) is 70.3 Å². The highest BCUT2D eigenvalue weighted by atomic mass is 16.5. The molecule has 0 spiro atoms. The zero-order valence-electron chi connectivity index (χ0n) is 18.7. The number of fused-ring (bicyclic) bond motifs is 1. The molecule has 0 aliphatic rings. The Morgan fingerprint density at radius 3 is 2.51 bits per heavy atom. The predicted molar refractivity (Wildman–Crippen MR) is 120 cm³/mol. The highest BCUT2D eigenvalue weighted by molar-refractivity contribution is 5.94. The van der Waals surface area contributed by atoms with E-state index in [1.54, 1.807) is 37.3 Å². The van der Waals surface area contributed by atoms with Crippen LogP contribution in [-0.4, -0.2) is 62.4 Å². The Balaban J connectivity index is 1.60. The molecular weight excluding hydrogens is 462 g/mol. The van der Waals surface area contributed by atoms with E-state index in [0.717, 1.165) is 14.6 Å². The molecule has 1 unspecified atom stereocenters. The molecule has 1 aromatic carbocycles. The van der Waals surface area contributed by atoms with Crippen molar-refractivity contribution >= 4 is 29.6 Å². The van der Waals surface area contributed by atoms with Gasteiger partial charge in [-0.3, -0.25) is 9.59 Å². The Labute approximate surface area is 198 Å². The van der Waals surface area contributed by atoms with Gasteiger partial charge in [0.2, 0.25) is 0 Å². The summed E-state index contributed by atoms with van der Waals surface area (Å²) in [6.07, 6.45) is 0.247. The second kappa shape index (κ2) is 11.4. The normalized spacial score (nSPS) is 11.5. The average molecular weight is 485 g/mol. The van der Waals surface area contributed by atoms with Crippen LogP contribution in [0.4, 0.5) is 4.79 Å². The zero-order valence-corrected chi connectivity index (χ0v) is 18.7. The molecule has 0 fully saturated rings. The van der Waals surface area contributed by atoms with E-state index in [-0.39, 0.29) is 31.0 Å². The number of ether oxygens (including phenoxy) is 2. The van der Waals surface area contributed by atoms with E-state index in [1.165, 1.54) is 18.3 Å². The molecule has 2 aromatic heterocycles. The van der Waals surface area contributed by atoms with Crippen molar-refractivity contribution in [1.29, 1.82) is 0 Å². The Morgan fingerprint density at radius 2 is 1.83 bits per heavy atom. The van der Waals surface area contributed by atoms with Crippen molar-refractivity contribution in [3.63, 3.8) is 0 Å². The summed E-state index contributed by atoms with van der Waals surface area (Å²) in [4.78, 5) is 60.1. The molecule has 2 heterocycles. The summed E-state index contributed by atoms with van der Waals surface area (Å²) < 4.78 is 11.8. The molecule has 184 valence electrons. The first-order valence-electron chi connectivity index (χ1n) is 10.5. The smallest absolute Gasteiger partial charge is 0.408 e. The number of aliphatic carboxylic acids is 1. The first-order valence-corrected chi connectivity index (χ1v) is 10.5. The molecule has 0 radical (unpaired) electrons. The Bertz CT molecular complexity index is 1280. The summed E-state index contributed by atoms with van der Waals surface area (Å²) in [5, 5.41) is 17.9. The van der Waals surface area contributed by atoms with E-state index < -0.39 is 42.2 Å². The van der Waals surface area contributed by atoms with Crippen LogP contribution in [0, 0.1) is 0 Å². The number of hydrogen-bond acceptors (Lipinski definition) is 8. The monoisotopic (exact) mass is 485 g/mol. The summed E-state index contributed by atoms with van der Waals surface area (Å²) in [7, 11) is 0. The van der Waals surface area contributed by atoms with Crippen molar-refractivity contribution < 1.29 is 33.8 Å². The molecule has 3 N–H and O–H groups in total. The van der Waals surface area contributed by atoms with Crippen molar-refractivity contribution in [3.8, 4) is 0 Å². The molecule has 0 aliphatic heterocycles. The number of aromatic nitrogens is 3. The van der Waals surface area contributed by atoms with E-state index in [9.17, 15) is 29.1 Å². The van der Waals surface area contributed by atoms with Crippen molar-refractivity contribution in [1.82, 2.24) is 24.8 Å². The van der Waals surface area contributed by atoms with Gasteiger partial charge in [-0.05, 0) is 24.6 Å². The fraction of sp³-hybridized carbons (Fsp3) is 0.273. The fourth-order valence-electron chi connectivity index (χ4n) is 2.99. The van der Waals surface area contributed by atoms with Crippen LogP contribution in [0.25, 0.3) is 5.65 Å². The molecule has 2 amide bonds. The Morgan fingerprint density at radius 1 is 1.09 bits per heavy atom. The number of amides is 2. The minimum absolute atomic E-state index is 0.0334. The van der Waals surface area contributed by atoms with Crippen LogP contribution < -0.4 is 16.3 Å². The number of carbonyl (C=O) groups is 4. The number of nitrogens with one attached hydrogen (secondary N) is 2. The van der Waals surface area contributed by atoms with Gasteiger partial charge in [-0.15, -0.1) is 5.10 Å². The van der Waals surface area contributed by atoms with Gasteiger partial charge in [0, 0.05) is 12.7 Å². The molecule has 0 saturated carbocycles. The molecule has 0 aliphatic carbocycles. The third kappa shape index (κ3) is 6.66. The lowest BCUT2D eigenvalue weighted by atomic mass is 10.2. The quantitative estimate of drug-likeness (QED) is 0.339. The number of benzene rings is 1. The van der Waals surface area contributed by atoms with Crippen molar-refractivity contribution in [2.45, 2.75) is 26.1 Å². The average Bonchev–Trinajstić information content (AvgIpc) is 3.15.